The minimum atomic E-state index is -1.19. The number of aromatic nitrogens is 2. The van der Waals surface area contributed by atoms with Gasteiger partial charge in [0.05, 0.1) is 6.20 Å². The molecule has 0 radical (unpaired) electrons. The van der Waals surface area contributed by atoms with Gasteiger partial charge in [0.1, 0.15) is 6.54 Å². The van der Waals surface area contributed by atoms with Crippen LogP contribution in [0.1, 0.15) is 17.5 Å². The Bertz CT molecular complexity index is 933. The fraction of sp³-hybridized carbons (Fsp3) is 0.333. The highest BCUT2D eigenvalue weighted by molar-refractivity contribution is 6.04. The third-order valence-electron chi connectivity index (χ3n) is 4.90. The molecule has 0 bridgehead atoms. The van der Waals surface area contributed by atoms with Crippen molar-refractivity contribution in [2.24, 2.45) is 0 Å². The van der Waals surface area contributed by atoms with Crippen LogP contribution in [-0.4, -0.2) is 46.7 Å². The number of benzene rings is 1. The number of aryl methyl sites for hydroxylation is 1. The zero-order chi connectivity index (χ0) is 18.5. The summed E-state index contributed by atoms with van der Waals surface area (Å²) < 4.78 is 6.90. The predicted octanol–water partition coefficient (Wildman–Crippen LogP) is 1.05. The first-order valence-corrected chi connectivity index (χ1v) is 8.30. The van der Waals surface area contributed by atoms with Crippen LogP contribution >= 0.6 is 0 Å². The second kappa shape index (κ2) is 5.69. The number of amides is 3. The van der Waals surface area contributed by atoms with Gasteiger partial charge >= 0.3 is 6.09 Å². The molecule has 2 heterocycles. The molecule has 2 aromatic rings. The second-order valence-electron chi connectivity index (χ2n) is 6.76. The number of imide groups is 1. The number of fused-ring (bicyclic) bond motifs is 2. The van der Waals surface area contributed by atoms with Gasteiger partial charge in [-0.2, -0.15) is 5.10 Å². The Labute approximate surface area is 149 Å². The number of ether oxygens (including phenoxy) is 1. The Morgan fingerprint density at radius 1 is 1.35 bits per heavy atom. The molecule has 1 unspecified atom stereocenters. The van der Waals surface area contributed by atoms with Crippen LogP contribution in [-0.2, 0) is 32.9 Å². The van der Waals surface area contributed by atoms with Crippen LogP contribution in [0.25, 0.3) is 11.1 Å². The lowest BCUT2D eigenvalue weighted by molar-refractivity contribution is -0.132. The molecule has 3 amide bonds. The summed E-state index contributed by atoms with van der Waals surface area (Å²) in [5, 5.41) is 6.46. The summed E-state index contributed by atoms with van der Waals surface area (Å²) in [7, 11) is 3.41. The van der Waals surface area contributed by atoms with Gasteiger partial charge in [0, 0.05) is 37.8 Å². The Kier molecular flexibility index (Phi) is 3.57. The molecule has 1 aromatic carbocycles. The van der Waals surface area contributed by atoms with E-state index >= 15 is 0 Å². The maximum absolute atomic E-state index is 12.2. The minimum absolute atomic E-state index is 0.0374. The molecule has 8 nitrogen and oxygen atoms in total. The van der Waals surface area contributed by atoms with Gasteiger partial charge in [-0.15, -0.1) is 0 Å². The van der Waals surface area contributed by atoms with E-state index in [1.54, 1.807) is 25.0 Å². The first-order valence-electron chi connectivity index (χ1n) is 8.30. The molecule has 1 aromatic heterocycles. The van der Waals surface area contributed by atoms with Crippen LogP contribution in [0.2, 0.25) is 0 Å². The molecule has 1 spiro atoms. The Morgan fingerprint density at radius 2 is 2.15 bits per heavy atom. The molecule has 4 rings (SSSR count). The Hall–Kier alpha value is -3.16. The number of nitrogens with zero attached hydrogens (tertiary/aromatic N) is 3. The first-order chi connectivity index (χ1) is 12.4. The van der Waals surface area contributed by atoms with Crippen LogP contribution in [0.5, 0.6) is 0 Å². The molecule has 1 fully saturated rings. The van der Waals surface area contributed by atoms with Crippen molar-refractivity contribution in [3.63, 3.8) is 0 Å². The molecule has 8 heteroatoms. The smallest absolute Gasteiger partial charge is 0.415 e. The summed E-state index contributed by atoms with van der Waals surface area (Å²) in [4.78, 5) is 37.0. The quantitative estimate of drug-likeness (QED) is 0.889. The lowest BCUT2D eigenvalue weighted by Crippen LogP contribution is -2.34. The van der Waals surface area contributed by atoms with Crippen molar-refractivity contribution < 1.29 is 19.1 Å². The molecule has 26 heavy (non-hydrogen) atoms. The zero-order valence-electron chi connectivity index (χ0n) is 14.5. The van der Waals surface area contributed by atoms with Crippen LogP contribution in [0, 0.1) is 0 Å². The van der Waals surface area contributed by atoms with E-state index in [4.69, 9.17) is 4.74 Å². The standard InChI is InChI=1S/C18H18N4O4/c1-21(2)15(23)10-22-9-13(8-19-22)11-3-4-14-12(7-11)5-6-18(14)16(24)20-17(25)26-18/h3-4,7-9H,5-6,10H2,1-2H3,(H,20,24,25). The number of carbonyl (C=O) groups is 3. The fourth-order valence-corrected chi connectivity index (χ4v) is 3.46. The van der Waals surface area contributed by atoms with E-state index in [-0.39, 0.29) is 12.5 Å². The van der Waals surface area contributed by atoms with Crippen LogP contribution < -0.4 is 5.32 Å². The largest absolute Gasteiger partial charge is 0.427 e. The molecule has 1 aliphatic carbocycles. The molecule has 0 saturated carbocycles. The summed E-state index contributed by atoms with van der Waals surface area (Å²) >= 11 is 0. The molecule has 134 valence electrons. The van der Waals surface area contributed by atoms with E-state index in [0.29, 0.717) is 12.8 Å². The summed E-state index contributed by atoms with van der Waals surface area (Å²) in [6.45, 7) is 0.178. The number of hydrogen-bond acceptors (Lipinski definition) is 5. The average Bonchev–Trinajstić information content (AvgIpc) is 3.27. The van der Waals surface area contributed by atoms with Crippen molar-refractivity contribution in [2.45, 2.75) is 25.0 Å². The topological polar surface area (TPSA) is 93.5 Å². The highest BCUT2D eigenvalue weighted by Gasteiger charge is 2.54. The number of nitrogens with one attached hydrogen (secondary N) is 1. The van der Waals surface area contributed by atoms with Crippen LogP contribution in [0.3, 0.4) is 0 Å². The summed E-state index contributed by atoms with van der Waals surface area (Å²) in [6.07, 6.45) is 3.92. The number of alkyl carbamates (subject to hydrolysis) is 1. The van der Waals surface area contributed by atoms with Gasteiger partial charge < -0.3 is 9.64 Å². The summed E-state index contributed by atoms with van der Waals surface area (Å²) in [5.74, 6) is -0.436. The average molecular weight is 354 g/mol. The van der Waals surface area contributed by atoms with Gasteiger partial charge in [-0.25, -0.2) is 4.79 Å². The molecule has 2 aliphatic rings. The Morgan fingerprint density at radius 3 is 2.85 bits per heavy atom. The van der Waals surface area contributed by atoms with Gasteiger partial charge in [0.2, 0.25) is 11.5 Å². The Balaban J connectivity index is 1.62. The van der Waals surface area contributed by atoms with E-state index in [2.05, 4.69) is 10.4 Å². The lowest BCUT2D eigenvalue weighted by atomic mass is 9.94. The van der Waals surface area contributed by atoms with Crippen molar-refractivity contribution in [2.75, 3.05) is 14.1 Å². The molecule has 1 N–H and O–H groups in total. The normalized spacial score (nSPS) is 20.8. The van der Waals surface area contributed by atoms with E-state index in [0.717, 1.165) is 22.3 Å². The summed E-state index contributed by atoms with van der Waals surface area (Å²) in [5.41, 5.74) is 2.35. The molecular weight excluding hydrogens is 336 g/mol. The zero-order valence-corrected chi connectivity index (χ0v) is 14.5. The van der Waals surface area contributed by atoms with Crippen molar-refractivity contribution in [1.82, 2.24) is 20.0 Å². The van der Waals surface area contributed by atoms with Crippen molar-refractivity contribution in [3.8, 4) is 11.1 Å². The molecule has 1 saturated heterocycles. The number of carbonyl (C=O) groups excluding carboxylic acids is 3. The monoisotopic (exact) mass is 354 g/mol. The third kappa shape index (κ3) is 2.45. The van der Waals surface area contributed by atoms with Crippen molar-refractivity contribution in [1.29, 1.82) is 0 Å². The van der Waals surface area contributed by atoms with Crippen molar-refractivity contribution >= 4 is 17.9 Å². The molecule has 1 atom stereocenters. The molecular formula is C18H18N4O4. The predicted molar refractivity (Wildman–Crippen MR) is 91.0 cm³/mol. The van der Waals surface area contributed by atoms with Gasteiger partial charge in [0.15, 0.2) is 0 Å². The summed E-state index contributed by atoms with van der Waals surface area (Å²) in [6, 6.07) is 5.69. The SMILES string of the molecule is CN(C)C(=O)Cn1cc(-c2ccc3c(c2)CCC32OC(=O)NC2=O)cn1. The highest BCUT2D eigenvalue weighted by Crippen LogP contribution is 2.43. The number of hydrogen-bond donors (Lipinski definition) is 1. The minimum Gasteiger partial charge on any atom is -0.427 e. The van der Waals surface area contributed by atoms with E-state index in [9.17, 15) is 14.4 Å². The first kappa shape index (κ1) is 16.3. The number of likely N-dealkylation sites (N-methyl/N-ethyl adjacent to an activating group) is 1. The highest BCUT2D eigenvalue weighted by atomic mass is 16.6. The third-order valence-corrected chi connectivity index (χ3v) is 4.90. The van der Waals surface area contributed by atoms with E-state index < -0.39 is 17.6 Å². The lowest BCUT2D eigenvalue weighted by Gasteiger charge is -2.19. The van der Waals surface area contributed by atoms with E-state index in [1.807, 2.05) is 24.4 Å². The number of rotatable bonds is 3. The van der Waals surface area contributed by atoms with E-state index in [1.165, 1.54) is 4.90 Å². The van der Waals surface area contributed by atoms with Gasteiger partial charge in [-0.3, -0.25) is 19.6 Å². The molecule has 1 aliphatic heterocycles. The van der Waals surface area contributed by atoms with Crippen LogP contribution in [0.4, 0.5) is 4.79 Å². The van der Waals surface area contributed by atoms with Crippen molar-refractivity contribution in [3.05, 3.63) is 41.7 Å². The van der Waals surface area contributed by atoms with Gasteiger partial charge in [0.25, 0.3) is 5.91 Å². The van der Waals surface area contributed by atoms with Crippen LogP contribution in [0.15, 0.2) is 30.6 Å². The fourth-order valence-electron chi connectivity index (χ4n) is 3.46. The maximum Gasteiger partial charge on any atom is 0.415 e. The second-order valence-corrected chi connectivity index (χ2v) is 6.76. The van der Waals surface area contributed by atoms with Gasteiger partial charge in [-0.1, -0.05) is 18.2 Å². The maximum atomic E-state index is 12.2. The van der Waals surface area contributed by atoms with Gasteiger partial charge in [-0.05, 0) is 17.5 Å².